The number of nitrogens with one attached hydrogen (secondary N) is 1. The van der Waals surface area contributed by atoms with Gasteiger partial charge in [-0.3, -0.25) is 19.7 Å². The van der Waals surface area contributed by atoms with Crippen LogP contribution < -0.4 is 19.9 Å². The molecule has 2 aromatic carbocycles. The molecule has 0 amide bonds. The van der Waals surface area contributed by atoms with Crippen LogP contribution in [-0.2, 0) is 10.0 Å². The quantitative estimate of drug-likeness (QED) is 0.383. The zero-order valence-corrected chi connectivity index (χ0v) is 20.1. The maximum absolute atomic E-state index is 13.0. The van der Waals surface area contributed by atoms with Gasteiger partial charge in [-0.15, -0.1) is 0 Å². The van der Waals surface area contributed by atoms with Gasteiger partial charge in [-0.25, -0.2) is 13.4 Å². The number of nitrogens with two attached hydrogens (primary N) is 1. The molecule has 0 saturated carbocycles. The van der Waals surface area contributed by atoms with E-state index in [4.69, 9.17) is 15.2 Å². The smallest absolute Gasteiger partial charge is 0.262 e. The van der Waals surface area contributed by atoms with Crippen LogP contribution in [0.2, 0.25) is 0 Å². The number of nitrogens with zero attached hydrogens (tertiary/aromatic N) is 4. The fraction of sp³-hybridized carbons (Fsp3) is 0.120. The highest BCUT2D eigenvalue weighted by molar-refractivity contribution is 7.92. The van der Waals surface area contributed by atoms with Crippen molar-refractivity contribution in [2.45, 2.75) is 4.90 Å². The first-order chi connectivity index (χ1) is 17.5. The molecule has 0 bridgehead atoms. The number of benzene rings is 2. The highest BCUT2D eigenvalue weighted by atomic mass is 32.2. The summed E-state index contributed by atoms with van der Waals surface area (Å²) in [5, 5.41) is 0. The highest BCUT2D eigenvalue weighted by Crippen LogP contribution is 2.33. The number of rotatable bonds is 6. The van der Waals surface area contributed by atoms with Gasteiger partial charge in [0.1, 0.15) is 13.2 Å². The van der Waals surface area contributed by atoms with Gasteiger partial charge in [0.05, 0.1) is 39.7 Å². The average molecular weight is 503 g/mol. The minimum Gasteiger partial charge on any atom is -0.486 e. The number of hydrogen-bond acceptors (Lipinski definition) is 9. The number of fused-ring (bicyclic) bond motifs is 2. The highest BCUT2D eigenvalue weighted by Gasteiger charge is 2.20. The van der Waals surface area contributed by atoms with E-state index in [-0.39, 0.29) is 4.90 Å². The molecule has 11 heteroatoms. The number of anilines is 1. The van der Waals surface area contributed by atoms with E-state index in [2.05, 4.69) is 24.7 Å². The van der Waals surface area contributed by atoms with Crippen LogP contribution in [-0.4, -0.2) is 49.8 Å². The molecule has 0 fully saturated rings. The van der Waals surface area contributed by atoms with Gasteiger partial charge in [0.15, 0.2) is 11.5 Å². The molecule has 3 heterocycles. The molecule has 0 aliphatic carbocycles. The summed E-state index contributed by atoms with van der Waals surface area (Å²) < 4.78 is 39.6. The molecule has 0 spiro atoms. The molecule has 182 valence electrons. The molecule has 1 aliphatic rings. The van der Waals surface area contributed by atoms with Crippen LogP contribution in [0.25, 0.3) is 27.7 Å². The molecule has 36 heavy (non-hydrogen) atoms. The molecule has 1 aliphatic heterocycles. The van der Waals surface area contributed by atoms with Crippen molar-refractivity contribution < 1.29 is 17.9 Å². The summed E-state index contributed by atoms with van der Waals surface area (Å²) in [4.78, 5) is 17.4. The lowest BCUT2D eigenvalue weighted by Gasteiger charge is -2.19. The number of ether oxygens (including phenoxy) is 2. The molecule has 5 rings (SSSR count). The molecule has 0 radical (unpaired) electrons. The van der Waals surface area contributed by atoms with E-state index in [1.807, 2.05) is 18.2 Å². The van der Waals surface area contributed by atoms with Crippen LogP contribution in [0.15, 0.2) is 77.1 Å². The first kappa shape index (κ1) is 23.2. The summed E-state index contributed by atoms with van der Waals surface area (Å²) in [6.45, 7) is 0.791. The van der Waals surface area contributed by atoms with E-state index >= 15 is 0 Å². The first-order valence-corrected chi connectivity index (χ1v) is 12.4. The lowest BCUT2D eigenvalue weighted by molar-refractivity contribution is 0.171. The molecule has 2 aromatic heterocycles. The SMILES string of the molecule is CN=C/C(=C\N)c1cnc2ccc(-c3cncc(NS(=O)(=O)c4ccc5c(c4)OCCO5)c3)cc2n1. The standard InChI is InChI=1S/C25H22N6O4S/c1-27-12-18(11-26)23-15-29-21-4-2-16(9-22(21)30-23)17-8-19(14-28-13-17)31-36(32,33)20-3-5-24-25(10-20)35-7-6-34-24/h2-5,8-15,31H,6-7,26H2,1H3/b18-11+,27-12?. The number of aromatic nitrogens is 3. The third kappa shape index (κ3) is 4.68. The predicted octanol–water partition coefficient (Wildman–Crippen LogP) is 3.26. The summed E-state index contributed by atoms with van der Waals surface area (Å²) in [5.41, 5.74) is 10.1. The van der Waals surface area contributed by atoms with Gasteiger partial charge in [0.25, 0.3) is 10.0 Å². The Kier molecular flexibility index (Phi) is 6.21. The monoisotopic (exact) mass is 502 g/mol. The second-order valence-corrected chi connectivity index (χ2v) is 9.52. The van der Waals surface area contributed by atoms with Gasteiger partial charge in [-0.2, -0.15) is 0 Å². The van der Waals surface area contributed by atoms with E-state index in [0.717, 1.165) is 5.56 Å². The molecular weight excluding hydrogens is 480 g/mol. The van der Waals surface area contributed by atoms with Crippen LogP contribution in [0, 0.1) is 0 Å². The van der Waals surface area contributed by atoms with Crippen molar-refractivity contribution >= 4 is 38.5 Å². The Morgan fingerprint density at radius 3 is 2.64 bits per heavy atom. The molecule has 0 saturated heterocycles. The van der Waals surface area contributed by atoms with Crippen molar-refractivity contribution in [2.24, 2.45) is 10.7 Å². The van der Waals surface area contributed by atoms with Crippen LogP contribution in [0.5, 0.6) is 11.5 Å². The number of sulfonamides is 1. The summed E-state index contributed by atoms with van der Waals surface area (Å²) in [7, 11) is -2.23. The van der Waals surface area contributed by atoms with E-state index in [1.54, 1.807) is 37.8 Å². The van der Waals surface area contributed by atoms with Crippen molar-refractivity contribution in [3.63, 3.8) is 0 Å². The Labute approximate surface area is 207 Å². The van der Waals surface area contributed by atoms with E-state index in [9.17, 15) is 8.42 Å². The van der Waals surface area contributed by atoms with Crippen LogP contribution in [0.1, 0.15) is 5.69 Å². The molecular formula is C25H22N6O4S. The normalized spacial score (nSPS) is 13.8. The molecule has 3 N–H and O–H groups in total. The number of aliphatic imine (C=N–C) groups is 1. The number of pyridine rings is 1. The van der Waals surface area contributed by atoms with Crippen molar-refractivity contribution in [3.8, 4) is 22.6 Å². The zero-order valence-electron chi connectivity index (χ0n) is 19.2. The zero-order chi connectivity index (χ0) is 25.1. The molecule has 0 unspecified atom stereocenters. The maximum atomic E-state index is 13.0. The van der Waals surface area contributed by atoms with Crippen molar-refractivity contribution in [1.29, 1.82) is 0 Å². The minimum atomic E-state index is -3.88. The molecule has 4 aromatic rings. The summed E-state index contributed by atoms with van der Waals surface area (Å²) in [6, 6.07) is 11.8. The molecule has 0 atom stereocenters. The maximum Gasteiger partial charge on any atom is 0.262 e. The largest absolute Gasteiger partial charge is 0.486 e. The Balaban J connectivity index is 1.44. The van der Waals surface area contributed by atoms with Gasteiger partial charge >= 0.3 is 0 Å². The number of allylic oxidation sites excluding steroid dienone is 1. The van der Waals surface area contributed by atoms with Crippen molar-refractivity contribution in [1.82, 2.24) is 15.0 Å². The lowest BCUT2D eigenvalue weighted by atomic mass is 10.1. The molecule has 10 nitrogen and oxygen atoms in total. The predicted molar refractivity (Wildman–Crippen MR) is 138 cm³/mol. The van der Waals surface area contributed by atoms with E-state index < -0.39 is 10.0 Å². The van der Waals surface area contributed by atoms with Crippen LogP contribution in [0.4, 0.5) is 5.69 Å². The fourth-order valence-corrected chi connectivity index (χ4v) is 4.77. The summed E-state index contributed by atoms with van der Waals surface area (Å²) >= 11 is 0. The second kappa shape index (κ2) is 9.62. The van der Waals surface area contributed by atoms with Gasteiger partial charge < -0.3 is 15.2 Å². The third-order valence-corrected chi connectivity index (χ3v) is 6.81. The lowest BCUT2D eigenvalue weighted by Crippen LogP contribution is -2.17. The van der Waals surface area contributed by atoms with E-state index in [1.165, 1.54) is 24.5 Å². The van der Waals surface area contributed by atoms with Gasteiger partial charge in [0.2, 0.25) is 0 Å². The Bertz CT molecular complexity index is 1620. The third-order valence-electron chi connectivity index (χ3n) is 5.43. The van der Waals surface area contributed by atoms with Gasteiger partial charge in [-0.05, 0) is 35.9 Å². The van der Waals surface area contributed by atoms with Crippen LogP contribution in [0.3, 0.4) is 0 Å². The Hall–Kier alpha value is -4.51. The van der Waals surface area contributed by atoms with Gasteiger partial charge in [0, 0.05) is 42.9 Å². The van der Waals surface area contributed by atoms with Crippen LogP contribution >= 0.6 is 0 Å². The minimum absolute atomic E-state index is 0.0602. The Morgan fingerprint density at radius 1 is 1.00 bits per heavy atom. The van der Waals surface area contributed by atoms with E-state index in [0.29, 0.717) is 58.3 Å². The number of hydrogen-bond donors (Lipinski definition) is 2. The van der Waals surface area contributed by atoms with Gasteiger partial charge in [-0.1, -0.05) is 6.07 Å². The Morgan fingerprint density at radius 2 is 1.83 bits per heavy atom. The topological polar surface area (TPSA) is 142 Å². The van der Waals surface area contributed by atoms with Crippen molar-refractivity contribution in [2.75, 3.05) is 25.0 Å². The van der Waals surface area contributed by atoms with Crippen molar-refractivity contribution in [3.05, 3.63) is 72.9 Å². The fourth-order valence-electron chi connectivity index (χ4n) is 3.72. The summed E-state index contributed by atoms with van der Waals surface area (Å²) in [5.74, 6) is 0.910. The second-order valence-electron chi connectivity index (χ2n) is 7.84. The first-order valence-electron chi connectivity index (χ1n) is 11.0. The average Bonchev–Trinajstić information content (AvgIpc) is 2.90. The summed E-state index contributed by atoms with van der Waals surface area (Å²) in [6.07, 6.45) is 7.77.